The molecule has 0 spiro atoms. The monoisotopic (exact) mass is 469 g/mol. The molecular weight excluding hydrogens is 438 g/mol. The number of hydrogen-bond acceptors (Lipinski definition) is 6. The number of nitrogen functional groups attached to an aromatic ring is 1. The van der Waals surface area contributed by atoms with Gasteiger partial charge in [0.25, 0.3) is 11.5 Å². The van der Waals surface area contributed by atoms with Crippen LogP contribution in [0.5, 0.6) is 0 Å². The van der Waals surface area contributed by atoms with Crippen LogP contribution in [-0.2, 0) is 13.0 Å². The van der Waals surface area contributed by atoms with Crippen molar-refractivity contribution in [2.45, 2.75) is 59.9 Å². The molecule has 8 nitrogen and oxygen atoms in total. The quantitative estimate of drug-likeness (QED) is 0.492. The smallest absolute Gasteiger partial charge is 0.330 e. The van der Waals surface area contributed by atoms with Crippen LogP contribution in [0.15, 0.2) is 33.9 Å². The molecule has 0 aliphatic carbocycles. The number of rotatable bonds is 9. The van der Waals surface area contributed by atoms with Gasteiger partial charge in [-0.05, 0) is 31.7 Å². The lowest BCUT2D eigenvalue weighted by Gasteiger charge is -2.23. The van der Waals surface area contributed by atoms with E-state index >= 15 is 0 Å². The number of anilines is 2. The average Bonchev–Trinajstić information content (AvgIpc) is 3.19. The van der Waals surface area contributed by atoms with Crippen molar-refractivity contribution < 1.29 is 4.79 Å². The van der Waals surface area contributed by atoms with Gasteiger partial charge in [-0.25, -0.2) is 9.78 Å². The lowest BCUT2D eigenvalue weighted by atomic mass is 10.1. The number of nitrogens with two attached hydrogens (primary N) is 1. The van der Waals surface area contributed by atoms with Crippen LogP contribution in [0.1, 0.15) is 61.0 Å². The predicted octanol–water partition coefficient (Wildman–Crippen LogP) is 3.97. The molecule has 2 heterocycles. The molecule has 3 rings (SSSR count). The van der Waals surface area contributed by atoms with E-state index in [-0.39, 0.29) is 24.0 Å². The van der Waals surface area contributed by atoms with Crippen LogP contribution in [0.4, 0.5) is 11.5 Å². The number of carbonyl (C=O) groups excluding carboxylic acids is 1. The normalized spacial score (nSPS) is 11.0. The second-order valence-electron chi connectivity index (χ2n) is 7.94. The number of thiazole rings is 1. The van der Waals surface area contributed by atoms with Crippen molar-refractivity contribution in [1.29, 1.82) is 0 Å². The molecule has 0 aliphatic rings. The van der Waals surface area contributed by atoms with E-state index in [1.165, 1.54) is 26.4 Å². The van der Waals surface area contributed by atoms with Crippen molar-refractivity contribution in [2.75, 3.05) is 17.2 Å². The summed E-state index contributed by atoms with van der Waals surface area (Å²) in [5.74, 6) is -0.335. The summed E-state index contributed by atoms with van der Waals surface area (Å²) < 4.78 is 1.33. The molecule has 1 aromatic carbocycles. The van der Waals surface area contributed by atoms with Gasteiger partial charge in [-0.2, -0.15) is 0 Å². The summed E-state index contributed by atoms with van der Waals surface area (Å²) in [6, 6.07) is 8.11. The van der Waals surface area contributed by atoms with Gasteiger partial charge in [0.15, 0.2) is 5.69 Å². The summed E-state index contributed by atoms with van der Waals surface area (Å²) >= 11 is 1.29. The minimum atomic E-state index is -0.662. The van der Waals surface area contributed by atoms with E-state index in [1.54, 1.807) is 6.92 Å². The first kappa shape index (κ1) is 24.4. The van der Waals surface area contributed by atoms with Gasteiger partial charge in [0.2, 0.25) is 0 Å². The zero-order valence-corrected chi connectivity index (χ0v) is 20.4. The van der Waals surface area contributed by atoms with Crippen LogP contribution in [0.2, 0.25) is 0 Å². The molecule has 176 valence electrons. The molecule has 0 aliphatic heterocycles. The first-order valence-electron chi connectivity index (χ1n) is 11.3. The number of amides is 1. The summed E-state index contributed by atoms with van der Waals surface area (Å²) in [5, 5.41) is 0.741. The molecule has 2 aromatic heterocycles. The molecule has 0 saturated heterocycles. The van der Waals surface area contributed by atoms with E-state index in [0.717, 1.165) is 29.8 Å². The third kappa shape index (κ3) is 5.08. The molecule has 3 N–H and O–H groups in total. The first-order valence-corrected chi connectivity index (χ1v) is 12.1. The fourth-order valence-corrected chi connectivity index (χ4v) is 4.66. The summed E-state index contributed by atoms with van der Waals surface area (Å²) in [5.41, 5.74) is 7.81. The van der Waals surface area contributed by atoms with Crippen molar-refractivity contribution in [3.05, 3.63) is 61.2 Å². The van der Waals surface area contributed by atoms with Gasteiger partial charge < -0.3 is 5.73 Å². The van der Waals surface area contributed by atoms with E-state index in [4.69, 9.17) is 5.73 Å². The highest BCUT2D eigenvalue weighted by molar-refractivity contribution is 7.17. The number of aromatic nitrogens is 3. The summed E-state index contributed by atoms with van der Waals surface area (Å²) in [6.45, 7) is 8.46. The highest BCUT2D eigenvalue weighted by Crippen LogP contribution is 2.30. The minimum absolute atomic E-state index is 0.0107. The number of nitrogens with zero attached hydrogens (tertiary/aromatic N) is 3. The number of aromatic amines is 1. The molecule has 0 bridgehead atoms. The predicted molar refractivity (Wildman–Crippen MR) is 134 cm³/mol. The van der Waals surface area contributed by atoms with E-state index < -0.39 is 11.2 Å². The summed E-state index contributed by atoms with van der Waals surface area (Å²) in [7, 11) is 0. The second-order valence-corrected chi connectivity index (χ2v) is 8.94. The Morgan fingerprint density at radius 2 is 1.85 bits per heavy atom. The van der Waals surface area contributed by atoms with E-state index in [9.17, 15) is 14.4 Å². The maximum absolute atomic E-state index is 13.6. The molecule has 3 aromatic rings. The number of benzene rings is 1. The molecule has 0 atom stereocenters. The van der Waals surface area contributed by atoms with Crippen LogP contribution in [0.25, 0.3) is 10.6 Å². The standard InChI is InChI=1S/C24H31N5O3S/c1-5-8-14-29-20(25)18(21(30)27-24(29)32)28(13-6-2)23(31)19-15(4)26-22(33-19)17-11-9-16(7-3)10-12-17/h9-12H,5-8,13-14,25H2,1-4H3,(H,27,30,32). The molecule has 9 heteroatoms. The molecule has 33 heavy (non-hydrogen) atoms. The Morgan fingerprint density at radius 3 is 2.45 bits per heavy atom. The zero-order chi connectivity index (χ0) is 24.1. The fourth-order valence-electron chi connectivity index (χ4n) is 3.64. The summed E-state index contributed by atoms with van der Waals surface area (Å²) in [4.78, 5) is 47.4. The van der Waals surface area contributed by atoms with Crippen molar-refractivity contribution in [1.82, 2.24) is 14.5 Å². The minimum Gasteiger partial charge on any atom is -0.383 e. The Morgan fingerprint density at radius 1 is 1.15 bits per heavy atom. The number of H-pyrrole nitrogens is 1. The Balaban J connectivity index is 2.05. The highest BCUT2D eigenvalue weighted by Gasteiger charge is 2.27. The molecule has 0 unspecified atom stereocenters. The number of carbonyl (C=O) groups is 1. The van der Waals surface area contributed by atoms with E-state index in [1.807, 2.05) is 26.0 Å². The number of unbranched alkanes of at least 4 members (excludes halogenated alkanes) is 1. The average molecular weight is 470 g/mol. The van der Waals surface area contributed by atoms with Crippen LogP contribution in [0, 0.1) is 6.92 Å². The highest BCUT2D eigenvalue weighted by atomic mass is 32.1. The third-order valence-electron chi connectivity index (χ3n) is 5.51. The molecular formula is C24H31N5O3S. The number of nitrogens with one attached hydrogen (secondary N) is 1. The number of aryl methyl sites for hydroxylation is 2. The van der Waals surface area contributed by atoms with Crippen molar-refractivity contribution in [3.63, 3.8) is 0 Å². The van der Waals surface area contributed by atoms with Crippen LogP contribution in [0.3, 0.4) is 0 Å². The molecule has 0 radical (unpaired) electrons. The maximum Gasteiger partial charge on any atom is 0.330 e. The first-order chi connectivity index (χ1) is 15.8. The van der Waals surface area contributed by atoms with Gasteiger partial charge in [0.1, 0.15) is 15.7 Å². The lowest BCUT2D eigenvalue weighted by molar-refractivity contribution is 0.0989. The van der Waals surface area contributed by atoms with Crippen LogP contribution < -0.4 is 21.9 Å². The van der Waals surface area contributed by atoms with E-state index in [2.05, 4.69) is 29.0 Å². The topological polar surface area (TPSA) is 114 Å². The summed E-state index contributed by atoms with van der Waals surface area (Å²) in [6.07, 6.45) is 3.15. The SMILES string of the molecule is CCCCn1c(N)c(N(CCC)C(=O)c2sc(-c3ccc(CC)cc3)nc2C)c(=O)[nH]c1=O. The van der Waals surface area contributed by atoms with Crippen molar-refractivity contribution >= 4 is 28.7 Å². The second kappa shape index (κ2) is 10.6. The zero-order valence-electron chi connectivity index (χ0n) is 19.6. The van der Waals surface area contributed by atoms with Gasteiger partial charge in [-0.3, -0.25) is 24.0 Å². The largest absolute Gasteiger partial charge is 0.383 e. The Hall–Kier alpha value is -3.20. The van der Waals surface area contributed by atoms with Gasteiger partial charge in [0.05, 0.1) is 5.69 Å². The van der Waals surface area contributed by atoms with Gasteiger partial charge in [0, 0.05) is 18.7 Å². The van der Waals surface area contributed by atoms with Crippen LogP contribution >= 0.6 is 11.3 Å². The third-order valence-corrected chi connectivity index (χ3v) is 6.71. The molecule has 1 amide bonds. The molecule has 0 fully saturated rings. The molecule has 0 saturated carbocycles. The Bertz CT molecular complexity index is 1240. The van der Waals surface area contributed by atoms with Crippen molar-refractivity contribution in [2.24, 2.45) is 0 Å². The fraction of sp³-hybridized carbons (Fsp3) is 0.417. The lowest BCUT2D eigenvalue weighted by Crippen LogP contribution is -2.41. The van der Waals surface area contributed by atoms with Crippen LogP contribution in [-0.4, -0.2) is 27.0 Å². The van der Waals surface area contributed by atoms with Gasteiger partial charge >= 0.3 is 5.69 Å². The Labute approximate surface area is 197 Å². The number of hydrogen-bond donors (Lipinski definition) is 2. The van der Waals surface area contributed by atoms with Gasteiger partial charge in [-0.1, -0.05) is 51.5 Å². The van der Waals surface area contributed by atoms with Gasteiger partial charge in [-0.15, -0.1) is 11.3 Å². The van der Waals surface area contributed by atoms with E-state index in [0.29, 0.717) is 23.5 Å². The Kier molecular flexibility index (Phi) is 7.86. The maximum atomic E-state index is 13.6. The van der Waals surface area contributed by atoms with Crippen molar-refractivity contribution in [3.8, 4) is 10.6 Å².